The summed E-state index contributed by atoms with van der Waals surface area (Å²) in [5.41, 5.74) is 0. The quantitative estimate of drug-likeness (QED) is 0.858. The molecule has 0 unspecified atom stereocenters. The molecule has 1 fully saturated rings. The second-order valence-electron chi connectivity index (χ2n) is 3.32. The Balaban J connectivity index is 2.08. The van der Waals surface area contributed by atoms with Gasteiger partial charge < -0.3 is 9.47 Å². The van der Waals surface area contributed by atoms with Gasteiger partial charge >= 0.3 is 6.36 Å². The predicted molar refractivity (Wildman–Crippen MR) is 52.3 cm³/mol. The van der Waals surface area contributed by atoms with E-state index in [1.54, 1.807) is 0 Å². The number of hydrogen-bond donors (Lipinski definition) is 0. The van der Waals surface area contributed by atoms with E-state index in [1.807, 2.05) is 0 Å². The number of ether oxygens (including phenoxy) is 2. The summed E-state index contributed by atoms with van der Waals surface area (Å²) in [6, 6.07) is 1.18. The van der Waals surface area contributed by atoms with Gasteiger partial charge in [-0.3, -0.25) is 0 Å². The van der Waals surface area contributed by atoms with Crippen molar-refractivity contribution in [3.05, 3.63) is 16.7 Å². The maximum atomic E-state index is 11.9. The molecule has 16 heavy (non-hydrogen) atoms. The Morgan fingerprint density at radius 1 is 1.38 bits per heavy atom. The summed E-state index contributed by atoms with van der Waals surface area (Å²) in [4.78, 5) is 3.75. The smallest absolute Gasteiger partial charge is 0.474 e. The van der Waals surface area contributed by atoms with Crippen LogP contribution in [-0.4, -0.2) is 17.5 Å². The van der Waals surface area contributed by atoms with Crippen molar-refractivity contribution >= 4 is 15.9 Å². The largest absolute Gasteiger partial charge is 0.573 e. The summed E-state index contributed by atoms with van der Waals surface area (Å²) in [5.74, 6) is -0.0838. The van der Waals surface area contributed by atoms with Crippen molar-refractivity contribution in [3.63, 3.8) is 0 Å². The number of aromatic nitrogens is 1. The highest BCUT2D eigenvalue weighted by atomic mass is 79.9. The van der Waals surface area contributed by atoms with Crippen LogP contribution in [0.1, 0.15) is 12.8 Å². The van der Waals surface area contributed by atoms with E-state index in [0.717, 1.165) is 19.0 Å². The minimum Gasteiger partial charge on any atom is -0.474 e. The first kappa shape index (κ1) is 11.5. The first-order valence-electron chi connectivity index (χ1n) is 4.52. The summed E-state index contributed by atoms with van der Waals surface area (Å²) in [5, 5.41) is 0. The van der Waals surface area contributed by atoms with Crippen molar-refractivity contribution in [1.82, 2.24) is 4.98 Å². The number of rotatable bonds is 3. The summed E-state index contributed by atoms with van der Waals surface area (Å²) in [6.07, 6.45) is -1.68. The van der Waals surface area contributed by atoms with Crippen LogP contribution in [0, 0.1) is 0 Å². The van der Waals surface area contributed by atoms with E-state index < -0.39 is 6.36 Å². The monoisotopic (exact) mass is 297 g/mol. The molecular weight excluding hydrogens is 291 g/mol. The molecule has 88 valence electrons. The van der Waals surface area contributed by atoms with Crippen LogP contribution < -0.4 is 9.47 Å². The van der Waals surface area contributed by atoms with Gasteiger partial charge in [0.1, 0.15) is 11.9 Å². The van der Waals surface area contributed by atoms with Crippen molar-refractivity contribution < 1.29 is 22.6 Å². The lowest BCUT2D eigenvalue weighted by molar-refractivity contribution is -0.274. The molecule has 2 rings (SSSR count). The molecule has 3 nitrogen and oxygen atoms in total. The normalized spacial score (nSPS) is 16.0. The zero-order valence-electron chi connectivity index (χ0n) is 7.92. The molecule has 0 N–H and O–H groups in total. The van der Waals surface area contributed by atoms with Crippen LogP contribution in [0.2, 0.25) is 0 Å². The highest BCUT2D eigenvalue weighted by molar-refractivity contribution is 9.10. The lowest BCUT2D eigenvalue weighted by Gasteiger charge is -2.10. The summed E-state index contributed by atoms with van der Waals surface area (Å²) in [7, 11) is 0. The third-order valence-corrected chi connectivity index (χ3v) is 2.39. The van der Waals surface area contributed by atoms with Gasteiger partial charge in [0, 0.05) is 6.07 Å². The molecule has 1 saturated carbocycles. The minimum absolute atomic E-state index is 0.137. The number of hydrogen-bond acceptors (Lipinski definition) is 3. The SMILES string of the molecule is FC(F)(F)Oc1cnc(OC2CC2)c(Br)c1. The van der Waals surface area contributed by atoms with Crippen LogP contribution in [0.5, 0.6) is 11.6 Å². The van der Waals surface area contributed by atoms with Gasteiger partial charge in [0.15, 0.2) is 0 Å². The van der Waals surface area contributed by atoms with E-state index in [-0.39, 0.29) is 17.7 Å². The fourth-order valence-corrected chi connectivity index (χ4v) is 1.45. The first-order valence-corrected chi connectivity index (χ1v) is 5.31. The molecule has 1 aromatic rings. The lowest BCUT2D eigenvalue weighted by atomic mass is 10.4. The Kier molecular flexibility index (Phi) is 2.96. The Labute approximate surface area is 97.7 Å². The molecule has 0 aliphatic heterocycles. The van der Waals surface area contributed by atoms with E-state index >= 15 is 0 Å². The van der Waals surface area contributed by atoms with E-state index in [0.29, 0.717) is 4.47 Å². The van der Waals surface area contributed by atoms with Crippen LogP contribution in [-0.2, 0) is 0 Å². The Morgan fingerprint density at radius 3 is 2.56 bits per heavy atom. The van der Waals surface area contributed by atoms with Crippen LogP contribution >= 0.6 is 15.9 Å². The average Bonchev–Trinajstić information content (AvgIpc) is 2.90. The molecule has 0 saturated heterocycles. The van der Waals surface area contributed by atoms with Crippen molar-refractivity contribution in [3.8, 4) is 11.6 Å². The van der Waals surface area contributed by atoms with E-state index in [4.69, 9.17) is 4.74 Å². The second-order valence-corrected chi connectivity index (χ2v) is 4.18. The van der Waals surface area contributed by atoms with E-state index in [2.05, 4.69) is 25.7 Å². The third kappa shape index (κ3) is 3.26. The highest BCUT2D eigenvalue weighted by Gasteiger charge is 2.32. The zero-order valence-corrected chi connectivity index (χ0v) is 9.51. The zero-order chi connectivity index (χ0) is 11.8. The van der Waals surface area contributed by atoms with Crippen molar-refractivity contribution in [2.45, 2.75) is 25.3 Å². The molecule has 0 amide bonds. The Hall–Kier alpha value is -0.980. The molecule has 7 heteroatoms. The number of pyridine rings is 1. The molecule has 1 heterocycles. The van der Waals surface area contributed by atoms with Crippen LogP contribution in [0.4, 0.5) is 13.2 Å². The Morgan fingerprint density at radius 2 is 2.06 bits per heavy atom. The lowest BCUT2D eigenvalue weighted by Crippen LogP contribution is -2.17. The summed E-state index contributed by atoms with van der Waals surface area (Å²) in [6.45, 7) is 0. The highest BCUT2D eigenvalue weighted by Crippen LogP contribution is 2.33. The van der Waals surface area contributed by atoms with Crippen LogP contribution in [0.15, 0.2) is 16.7 Å². The predicted octanol–water partition coefficient (Wildman–Crippen LogP) is 3.28. The molecule has 0 radical (unpaired) electrons. The number of nitrogens with zero attached hydrogens (tertiary/aromatic N) is 1. The Bertz CT molecular complexity index is 393. The van der Waals surface area contributed by atoms with Gasteiger partial charge in [-0.1, -0.05) is 0 Å². The third-order valence-electron chi connectivity index (χ3n) is 1.82. The van der Waals surface area contributed by atoms with E-state index in [9.17, 15) is 13.2 Å². The molecule has 0 spiro atoms. The van der Waals surface area contributed by atoms with Gasteiger partial charge in [-0.05, 0) is 28.8 Å². The maximum Gasteiger partial charge on any atom is 0.573 e. The van der Waals surface area contributed by atoms with Crippen molar-refractivity contribution in [2.24, 2.45) is 0 Å². The minimum atomic E-state index is -4.71. The van der Waals surface area contributed by atoms with Gasteiger partial charge in [0.05, 0.1) is 10.7 Å². The number of alkyl halides is 3. The second kappa shape index (κ2) is 4.12. The fraction of sp³-hybridized carbons (Fsp3) is 0.444. The molecule has 0 aromatic carbocycles. The molecule has 1 aliphatic carbocycles. The molecule has 0 bridgehead atoms. The topological polar surface area (TPSA) is 31.4 Å². The van der Waals surface area contributed by atoms with E-state index in [1.165, 1.54) is 6.07 Å². The molecular formula is C9H7BrF3NO2. The fourth-order valence-electron chi connectivity index (χ4n) is 1.03. The standard InChI is InChI=1S/C9H7BrF3NO2/c10-7-3-6(16-9(11,12)13)4-14-8(7)15-5-1-2-5/h3-5H,1-2H2. The molecule has 0 atom stereocenters. The van der Waals surface area contributed by atoms with Gasteiger partial charge in [-0.2, -0.15) is 0 Å². The van der Waals surface area contributed by atoms with Crippen LogP contribution in [0.25, 0.3) is 0 Å². The maximum absolute atomic E-state index is 11.9. The van der Waals surface area contributed by atoms with Gasteiger partial charge in [0.2, 0.25) is 5.88 Å². The van der Waals surface area contributed by atoms with Crippen molar-refractivity contribution in [2.75, 3.05) is 0 Å². The summed E-state index contributed by atoms with van der Waals surface area (Å²) < 4.78 is 45.1. The average molecular weight is 298 g/mol. The van der Waals surface area contributed by atoms with Crippen LogP contribution in [0.3, 0.4) is 0 Å². The summed E-state index contributed by atoms with van der Waals surface area (Å²) >= 11 is 3.08. The van der Waals surface area contributed by atoms with Crippen molar-refractivity contribution in [1.29, 1.82) is 0 Å². The van der Waals surface area contributed by atoms with Gasteiger partial charge in [0.25, 0.3) is 0 Å². The van der Waals surface area contributed by atoms with Gasteiger partial charge in [-0.15, -0.1) is 13.2 Å². The molecule has 1 aromatic heterocycles. The number of halogens is 4. The molecule has 1 aliphatic rings. The first-order chi connectivity index (χ1) is 7.44. The van der Waals surface area contributed by atoms with Gasteiger partial charge in [-0.25, -0.2) is 4.98 Å².